The molecule has 3 nitrogen and oxygen atoms in total. The predicted molar refractivity (Wildman–Crippen MR) is 53.7 cm³/mol. The van der Waals surface area contributed by atoms with E-state index >= 15 is 0 Å². The number of nitrogens with zero attached hydrogens (tertiary/aromatic N) is 1. The third-order valence-electron chi connectivity index (χ3n) is 1.52. The maximum Gasteiger partial charge on any atom is 1.00 e. The molecule has 1 aromatic carbocycles. The van der Waals surface area contributed by atoms with E-state index in [1.54, 1.807) is 30.3 Å². The molecule has 0 bridgehead atoms. The zero-order valence-electron chi connectivity index (χ0n) is 9.06. The summed E-state index contributed by atoms with van der Waals surface area (Å²) >= 11 is 0. The molecule has 0 amide bonds. The van der Waals surface area contributed by atoms with Gasteiger partial charge in [-0.2, -0.15) is 0 Å². The van der Waals surface area contributed by atoms with Crippen molar-refractivity contribution in [2.75, 3.05) is 14.1 Å². The van der Waals surface area contributed by atoms with E-state index in [-0.39, 0.29) is 26.3 Å². The molecule has 0 aliphatic carbocycles. The third kappa shape index (κ3) is 3.47. The van der Waals surface area contributed by atoms with Crippen LogP contribution in [0.2, 0.25) is 0 Å². The fraction of sp³-hybridized carbons (Fsp3) is 0.222. The Balaban J connectivity index is 0. The molecule has 74 valence electrons. The van der Waals surface area contributed by atoms with E-state index in [1.807, 2.05) is 0 Å². The van der Waals surface area contributed by atoms with E-state index in [9.17, 15) is 8.42 Å². The third-order valence-corrected chi connectivity index (χ3v) is 3.35. The Labute approximate surface area is 98.4 Å². The Kier molecular flexibility index (Phi) is 7.22. The summed E-state index contributed by atoms with van der Waals surface area (Å²) in [5.74, 6) is 0. The molecule has 0 unspecified atom stereocenters. The number of benzene rings is 1. The molecule has 0 saturated heterocycles. The van der Waals surface area contributed by atoms with E-state index in [0.29, 0.717) is 4.90 Å². The summed E-state index contributed by atoms with van der Waals surface area (Å²) in [6.07, 6.45) is 0. The van der Waals surface area contributed by atoms with Gasteiger partial charge in [0.05, 0.1) is 4.90 Å². The molecule has 0 fully saturated rings. The second kappa shape index (κ2) is 6.26. The first-order valence-corrected chi connectivity index (χ1v) is 4.97. The van der Waals surface area contributed by atoms with Crippen LogP contribution in [0.3, 0.4) is 0 Å². The smallest absolute Gasteiger partial charge is 0.358 e. The van der Waals surface area contributed by atoms with Gasteiger partial charge in [0.25, 0.3) is 0 Å². The maximum absolute atomic E-state index is 11.5. The fourth-order valence-electron chi connectivity index (χ4n) is 0.803. The van der Waals surface area contributed by atoms with Crippen LogP contribution in [0.15, 0.2) is 35.2 Å². The molecule has 5 heteroatoms. The molecule has 0 radical (unpaired) electrons. The van der Waals surface area contributed by atoms with E-state index in [2.05, 4.69) is 0 Å². The summed E-state index contributed by atoms with van der Waals surface area (Å²) in [6, 6.07) is 8.35. The summed E-state index contributed by atoms with van der Waals surface area (Å²) in [7, 11) is -0.211. The normalized spacial score (nSPS) is 10.2. The van der Waals surface area contributed by atoms with E-state index in [4.69, 9.17) is 0 Å². The average molecular weight is 207 g/mol. The molecule has 1 aromatic rings. The molecule has 0 aliphatic heterocycles. The Bertz CT molecular complexity index is 348. The summed E-state index contributed by atoms with van der Waals surface area (Å²) < 4.78 is 24.1. The zero-order valence-corrected chi connectivity index (χ0v) is 9.88. The van der Waals surface area contributed by atoms with Crippen molar-refractivity contribution in [1.29, 1.82) is 0 Å². The molecule has 0 aromatic heterocycles. The standard InChI is InChI=1S/C8H11NO2S.CH3.Li/c1-9(2)12(10,11)8-6-4-3-5-7-8;;/h3-7H,1-2H3;1H3;/q;-1;+1. The molecule has 0 N–H and O–H groups in total. The SMILES string of the molecule is CN(C)S(=O)(=O)c1ccccc1.[CH3-].[Li+]. The van der Waals surface area contributed by atoms with Crippen molar-refractivity contribution in [2.24, 2.45) is 0 Å². The molecule has 0 heterocycles. The van der Waals surface area contributed by atoms with Crippen molar-refractivity contribution >= 4 is 10.0 Å². The summed E-state index contributed by atoms with van der Waals surface area (Å²) in [6.45, 7) is 0. The van der Waals surface area contributed by atoms with Crippen molar-refractivity contribution in [3.8, 4) is 0 Å². The number of rotatable bonds is 2. The van der Waals surface area contributed by atoms with Gasteiger partial charge in [-0.25, -0.2) is 12.7 Å². The van der Waals surface area contributed by atoms with Crippen LogP contribution in [-0.4, -0.2) is 26.8 Å². The minimum absolute atomic E-state index is 0. The summed E-state index contributed by atoms with van der Waals surface area (Å²) in [5.41, 5.74) is 0. The van der Waals surface area contributed by atoms with Crippen LogP contribution < -0.4 is 18.9 Å². The van der Waals surface area contributed by atoms with Gasteiger partial charge in [-0.3, -0.25) is 0 Å². The van der Waals surface area contributed by atoms with Crippen LogP contribution in [-0.2, 0) is 10.0 Å². The monoisotopic (exact) mass is 207 g/mol. The van der Waals surface area contributed by atoms with Crippen LogP contribution in [0.1, 0.15) is 0 Å². The first kappa shape index (κ1) is 16.2. The van der Waals surface area contributed by atoms with Gasteiger partial charge in [0.1, 0.15) is 0 Å². The van der Waals surface area contributed by atoms with Crippen molar-refractivity contribution in [2.45, 2.75) is 4.90 Å². The average Bonchev–Trinajstić information content (AvgIpc) is 2.06. The van der Waals surface area contributed by atoms with Crippen molar-refractivity contribution in [3.63, 3.8) is 0 Å². The van der Waals surface area contributed by atoms with E-state index < -0.39 is 10.0 Å². The van der Waals surface area contributed by atoms with Gasteiger partial charge in [0, 0.05) is 14.1 Å². The minimum atomic E-state index is -3.24. The predicted octanol–water partition coefficient (Wildman–Crippen LogP) is -1.61. The quantitative estimate of drug-likeness (QED) is 0.432. The van der Waals surface area contributed by atoms with Gasteiger partial charge < -0.3 is 7.43 Å². The topological polar surface area (TPSA) is 37.4 Å². The first-order chi connectivity index (χ1) is 5.55. The van der Waals surface area contributed by atoms with Gasteiger partial charge in [-0.05, 0) is 12.1 Å². The van der Waals surface area contributed by atoms with E-state index in [1.165, 1.54) is 18.4 Å². The Morgan fingerprint density at radius 3 is 1.86 bits per heavy atom. The van der Waals surface area contributed by atoms with Crippen molar-refractivity contribution in [1.82, 2.24) is 4.31 Å². The number of hydrogen-bond acceptors (Lipinski definition) is 2. The van der Waals surface area contributed by atoms with Crippen LogP contribution in [0.4, 0.5) is 0 Å². The number of sulfonamides is 1. The molecule has 0 aliphatic rings. The molecule has 1 rings (SSSR count). The molecular formula is C9H14LiNO2S. The van der Waals surface area contributed by atoms with Crippen LogP contribution >= 0.6 is 0 Å². The second-order valence-corrected chi connectivity index (χ2v) is 4.75. The molecule has 0 atom stereocenters. The fourth-order valence-corrected chi connectivity index (χ4v) is 1.73. The molecule has 14 heavy (non-hydrogen) atoms. The molecule has 0 saturated carbocycles. The molecular weight excluding hydrogens is 193 g/mol. The van der Waals surface area contributed by atoms with E-state index in [0.717, 1.165) is 0 Å². The van der Waals surface area contributed by atoms with Crippen LogP contribution in [0.5, 0.6) is 0 Å². The number of hydrogen-bond donors (Lipinski definition) is 0. The Hall–Kier alpha value is -0.273. The second-order valence-electron chi connectivity index (χ2n) is 2.60. The first-order valence-electron chi connectivity index (χ1n) is 3.53. The Morgan fingerprint density at radius 1 is 1.07 bits per heavy atom. The van der Waals surface area contributed by atoms with Gasteiger partial charge in [0.2, 0.25) is 10.0 Å². The van der Waals surface area contributed by atoms with Gasteiger partial charge >= 0.3 is 18.9 Å². The van der Waals surface area contributed by atoms with Crippen LogP contribution in [0, 0.1) is 7.43 Å². The zero-order chi connectivity index (χ0) is 9.19. The summed E-state index contributed by atoms with van der Waals surface area (Å²) in [5, 5.41) is 0. The molecule has 0 spiro atoms. The van der Waals surface area contributed by atoms with Gasteiger partial charge in [0.15, 0.2) is 0 Å². The Morgan fingerprint density at radius 2 is 1.50 bits per heavy atom. The largest absolute Gasteiger partial charge is 1.00 e. The van der Waals surface area contributed by atoms with Gasteiger partial charge in [-0.1, -0.05) is 18.2 Å². The van der Waals surface area contributed by atoms with Crippen LogP contribution in [0.25, 0.3) is 0 Å². The van der Waals surface area contributed by atoms with Gasteiger partial charge in [-0.15, -0.1) is 0 Å². The maximum atomic E-state index is 11.5. The minimum Gasteiger partial charge on any atom is -0.358 e. The van der Waals surface area contributed by atoms with Crippen molar-refractivity contribution in [3.05, 3.63) is 37.8 Å². The van der Waals surface area contributed by atoms with Crippen molar-refractivity contribution < 1.29 is 27.3 Å². The summed E-state index contributed by atoms with van der Waals surface area (Å²) in [4.78, 5) is 0.329.